The molecule has 0 radical (unpaired) electrons. The summed E-state index contributed by atoms with van der Waals surface area (Å²) in [7, 11) is 0. The minimum absolute atomic E-state index is 0.325. The van der Waals surface area contributed by atoms with Gasteiger partial charge in [-0.1, -0.05) is 22.0 Å². The van der Waals surface area contributed by atoms with E-state index in [-0.39, 0.29) is 0 Å². The van der Waals surface area contributed by atoms with Gasteiger partial charge in [0.1, 0.15) is 6.04 Å². The number of halogens is 1. The van der Waals surface area contributed by atoms with Crippen molar-refractivity contribution in [3.63, 3.8) is 0 Å². The average Bonchev–Trinajstić information content (AvgIpc) is 3.08. The Kier molecular flexibility index (Phi) is 4.21. The number of nitrogens with zero attached hydrogens (tertiary/aromatic N) is 2. The van der Waals surface area contributed by atoms with Crippen molar-refractivity contribution in [3.05, 3.63) is 45.7 Å². The highest BCUT2D eigenvalue weighted by Gasteiger charge is 2.28. The van der Waals surface area contributed by atoms with Gasteiger partial charge in [0.15, 0.2) is 5.69 Å². The highest BCUT2D eigenvalue weighted by atomic mass is 79.9. The number of hydrogen-bond donors (Lipinski definition) is 2. The van der Waals surface area contributed by atoms with Gasteiger partial charge in [0.05, 0.1) is 5.69 Å². The first-order valence-corrected chi connectivity index (χ1v) is 8.17. The smallest absolute Gasteiger partial charge is 0.325 e. The van der Waals surface area contributed by atoms with Crippen LogP contribution in [0.1, 0.15) is 35.1 Å². The zero-order chi connectivity index (χ0) is 16.6. The van der Waals surface area contributed by atoms with Gasteiger partial charge >= 0.3 is 5.97 Å². The molecule has 0 aliphatic heterocycles. The number of carbonyl (C=O) groups is 2. The molecule has 120 valence electrons. The number of fused-ring (bicyclic) bond motifs is 1. The number of rotatable bonds is 4. The second kappa shape index (κ2) is 6.16. The number of hydrogen-bond acceptors (Lipinski definition) is 3. The van der Waals surface area contributed by atoms with Crippen LogP contribution >= 0.6 is 15.9 Å². The van der Waals surface area contributed by atoms with Crippen molar-refractivity contribution in [1.82, 2.24) is 15.1 Å². The number of carboxylic acids is 1. The molecule has 2 aromatic rings. The van der Waals surface area contributed by atoms with Crippen LogP contribution in [0.3, 0.4) is 0 Å². The van der Waals surface area contributed by atoms with E-state index >= 15 is 0 Å². The first kappa shape index (κ1) is 15.7. The van der Waals surface area contributed by atoms with Crippen molar-refractivity contribution >= 4 is 27.8 Å². The Morgan fingerprint density at radius 3 is 2.87 bits per heavy atom. The fourth-order valence-electron chi connectivity index (χ4n) is 2.77. The van der Waals surface area contributed by atoms with Gasteiger partial charge in [-0.3, -0.25) is 9.59 Å². The molecule has 1 unspecified atom stereocenters. The van der Waals surface area contributed by atoms with Crippen LogP contribution in [-0.2, 0) is 17.6 Å². The summed E-state index contributed by atoms with van der Waals surface area (Å²) in [6.45, 7) is 1.44. The van der Waals surface area contributed by atoms with Crippen LogP contribution in [0.4, 0.5) is 0 Å². The van der Waals surface area contributed by atoms with E-state index in [0.717, 1.165) is 40.7 Å². The molecule has 0 saturated carbocycles. The van der Waals surface area contributed by atoms with Crippen molar-refractivity contribution < 1.29 is 14.7 Å². The third-order valence-corrected chi connectivity index (χ3v) is 4.41. The van der Waals surface area contributed by atoms with Crippen LogP contribution in [-0.4, -0.2) is 32.8 Å². The summed E-state index contributed by atoms with van der Waals surface area (Å²) in [6, 6.07) is 6.75. The van der Waals surface area contributed by atoms with Gasteiger partial charge in [-0.15, -0.1) is 0 Å². The molecule has 3 rings (SSSR count). The third kappa shape index (κ3) is 3.01. The minimum Gasteiger partial charge on any atom is -0.480 e. The summed E-state index contributed by atoms with van der Waals surface area (Å²) in [4.78, 5) is 23.3. The molecule has 6 nitrogen and oxygen atoms in total. The maximum absolute atomic E-state index is 12.4. The quantitative estimate of drug-likeness (QED) is 0.856. The molecule has 23 heavy (non-hydrogen) atoms. The standard InChI is InChI=1S/C16H16BrN3O3/c1-9(16(22)23)18-15(21)14-12-6-3-7-13(12)20(19-14)11-5-2-4-10(17)8-11/h2,4-5,8-9H,3,6-7H2,1H3,(H,18,21)(H,22,23). The summed E-state index contributed by atoms with van der Waals surface area (Å²) in [5, 5.41) is 15.9. The van der Waals surface area contributed by atoms with E-state index in [2.05, 4.69) is 26.3 Å². The fraction of sp³-hybridized carbons (Fsp3) is 0.312. The Morgan fingerprint density at radius 2 is 2.17 bits per heavy atom. The van der Waals surface area contributed by atoms with E-state index in [1.54, 1.807) is 4.68 Å². The molecule has 1 aliphatic carbocycles. The van der Waals surface area contributed by atoms with Gasteiger partial charge in [-0.2, -0.15) is 5.10 Å². The highest BCUT2D eigenvalue weighted by Crippen LogP contribution is 2.28. The third-order valence-electron chi connectivity index (χ3n) is 3.92. The number of nitrogens with one attached hydrogen (secondary N) is 1. The van der Waals surface area contributed by atoms with Crippen LogP contribution in [0.25, 0.3) is 5.69 Å². The zero-order valence-electron chi connectivity index (χ0n) is 12.5. The molecule has 7 heteroatoms. The molecule has 1 aromatic heterocycles. The number of benzene rings is 1. The van der Waals surface area contributed by atoms with Gasteiger partial charge in [0.2, 0.25) is 0 Å². The fourth-order valence-corrected chi connectivity index (χ4v) is 3.16. The molecule has 1 atom stereocenters. The molecule has 1 amide bonds. The lowest BCUT2D eigenvalue weighted by Gasteiger charge is -2.08. The Balaban J connectivity index is 1.99. The number of carbonyl (C=O) groups excluding carboxylic acids is 1. The van der Waals surface area contributed by atoms with Crippen molar-refractivity contribution in [3.8, 4) is 5.69 Å². The van der Waals surface area contributed by atoms with Crippen LogP contribution < -0.4 is 5.32 Å². The number of amides is 1. The summed E-state index contributed by atoms with van der Waals surface area (Å²) in [5.74, 6) is -1.51. The number of aromatic nitrogens is 2. The normalized spacial score (nSPS) is 14.3. The van der Waals surface area contributed by atoms with Gasteiger partial charge in [-0.25, -0.2) is 4.68 Å². The summed E-state index contributed by atoms with van der Waals surface area (Å²) < 4.78 is 2.72. The molecule has 2 N–H and O–H groups in total. The Hall–Kier alpha value is -2.15. The topological polar surface area (TPSA) is 84.2 Å². The molecule has 1 aliphatic rings. The predicted molar refractivity (Wildman–Crippen MR) is 87.9 cm³/mol. The lowest BCUT2D eigenvalue weighted by atomic mass is 10.2. The number of aliphatic carboxylic acids is 1. The lowest BCUT2D eigenvalue weighted by Crippen LogP contribution is -2.38. The van der Waals surface area contributed by atoms with Crippen LogP contribution in [0.15, 0.2) is 28.7 Å². The summed E-state index contributed by atoms with van der Waals surface area (Å²) >= 11 is 3.44. The summed E-state index contributed by atoms with van der Waals surface area (Å²) in [6.07, 6.45) is 2.61. The van der Waals surface area contributed by atoms with E-state index in [1.165, 1.54) is 6.92 Å². The van der Waals surface area contributed by atoms with Crippen molar-refractivity contribution in [2.75, 3.05) is 0 Å². The number of carboxylic acid groups (broad SMARTS) is 1. The van der Waals surface area contributed by atoms with E-state index in [9.17, 15) is 9.59 Å². The van der Waals surface area contributed by atoms with E-state index < -0.39 is 17.9 Å². The second-order valence-electron chi connectivity index (χ2n) is 5.55. The predicted octanol–water partition coefficient (Wildman–Crippen LogP) is 2.33. The Labute approximate surface area is 141 Å². The second-order valence-corrected chi connectivity index (χ2v) is 6.47. The maximum atomic E-state index is 12.4. The molecule has 1 heterocycles. The van der Waals surface area contributed by atoms with E-state index in [0.29, 0.717) is 5.69 Å². The Morgan fingerprint density at radius 1 is 1.39 bits per heavy atom. The van der Waals surface area contributed by atoms with Gasteiger partial charge in [0.25, 0.3) is 5.91 Å². The SMILES string of the molecule is CC(NC(=O)c1nn(-c2cccc(Br)c2)c2c1CCC2)C(=O)O. The largest absolute Gasteiger partial charge is 0.480 e. The molecule has 1 aromatic carbocycles. The lowest BCUT2D eigenvalue weighted by molar-refractivity contribution is -0.138. The minimum atomic E-state index is -1.07. The molecular formula is C16H16BrN3O3. The maximum Gasteiger partial charge on any atom is 0.325 e. The molecule has 0 saturated heterocycles. The Bertz CT molecular complexity index is 785. The first-order valence-electron chi connectivity index (χ1n) is 7.37. The van der Waals surface area contributed by atoms with Crippen molar-refractivity contribution in [2.45, 2.75) is 32.2 Å². The highest BCUT2D eigenvalue weighted by molar-refractivity contribution is 9.10. The monoisotopic (exact) mass is 377 g/mol. The van der Waals surface area contributed by atoms with Crippen LogP contribution in [0.5, 0.6) is 0 Å². The van der Waals surface area contributed by atoms with Crippen LogP contribution in [0.2, 0.25) is 0 Å². The molecule has 0 bridgehead atoms. The molecular weight excluding hydrogens is 362 g/mol. The van der Waals surface area contributed by atoms with E-state index in [4.69, 9.17) is 5.11 Å². The molecule has 0 fully saturated rings. The first-order chi connectivity index (χ1) is 11.0. The van der Waals surface area contributed by atoms with Gasteiger partial charge < -0.3 is 10.4 Å². The van der Waals surface area contributed by atoms with Crippen molar-refractivity contribution in [1.29, 1.82) is 0 Å². The van der Waals surface area contributed by atoms with E-state index in [1.807, 2.05) is 24.3 Å². The molecule has 0 spiro atoms. The van der Waals surface area contributed by atoms with Crippen molar-refractivity contribution in [2.24, 2.45) is 0 Å². The summed E-state index contributed by atoms with van der Waals surface area (Å²) in [5.41, 5.74) is 3.14. The van der Waals surface area contributed by atoms with Gasteiger partial charge in [0, 0.05) is 15.7 Å². The average molecular weight is 378 g/mol. The van der Waals surface area contributed by atoms with Gasteiger partial charge in [-0.05, 0) is 44.4 Å². The van der Waals surface area contributed by atoms with Crippen LogP contribution in [0, 0.1) is 0 Å². The zero-order valence-corrected chi connectivity index (χ0v) is 14.1.